The lowest BCUT2D eigenvalue weighted by Gasteiger charge is -2.35. The Morgan fingerprint density at radius 3 is 1.94 bits per heavy atom. The topological polar surface area (TPSA) is 45.6 Å². The number of aliphatic hydroxyl groups excluding tert-OH is 1. The summed E-state index contributed by atoms with van der Waals surface area (Å²) < 4.78 is 33.8. The van der Waals surface area contributed by atoms with Gasteiger partial charge in [-0.15, -0.1) is 0 Å². The first-order valence-electron chi connectivity index (χ1n) is 12.1. The van der Waals surface area contributed by atoms with Crippen LogP contribution in [0.3, 0.4) is 0 Å². The summed E-state index contributed by atoms with van der Waals surface area (Å²) in [6.45, 7) is 3.43. The van der Waals surface area contributed by atoms with E-state index in [0.29, 0.717) is 36.7 Å². The van der Waals surface area contributed by atoms with E-state index in [1.54, 1.807) is 18.3 Å². The summed E-state index contributed by atoms with van der Waals surface area (Å²) in [5.74, 6) is -0.686. The van der Waals surface area contributed by atoms with Crippen molar-refractivity contribution in [2.75, 3.05) is 6.61 Å². The summed E-state index contributed by atoms with van der Waals surface area (Å²) in [6.07, 6.45) is 0.779. The van der Waals surface area contributed by atoms with Crippen molar-refractivity contribution in [2.45, 2.75) is 38.6 Å². The van der Waals surface area contributed by atoms with Gasteiger partial charge in [0.2, 0.25) is 0 Å². The van der Waals surface area contributed by atoms with Gasteiger partial charge in [-0.3, -0.25) is 9.88 Å². The van der Waals surface area contributed by atoms with Gasteiger partial charge in [-0.2, -0.15) is 0 Å². The molecule has 36 heavy (non-hydrogen) atoms. The molecule has 4 aromatic rings. The number of rotatable bonds is 11. The summed E-state index contributed by atoms with van der Waals surface area (Å²) in [4.78, 5) is 6.54. The monoisotopic (exact) mass is 488 g/mol. The van der Waals surface area contributed by atoms with E-state index in [1.165, 1.54) is 12.1 Å². The highest BCUT2D eigenvalue weighted by atomic mass is 19.1. The first-order valence-corrected chi connectivity index (χ1v) is 12.1. The fourth-order valence-electron chi connectivity index (χ4n) is 4.38. The molecule has 0 radical (unpaired) electrons. The fourth-order valence-corrected chi connectivity index (χ4v) is 4.38. The predicted molar refractivity (Wildman–Crippen MR) is 136 cm³/mol. The lowest BCUT2D eigenvalue weighted by molar-refractivity contribution is 0.0354. The Morgan fingerprint density at radius 2 is 1.39 bits per heavy atom. The molecule has 1 N–H and O–H groups in total. The number of benzene rings is 3. The van der Waals surface area contributed by atoms with Crippen molar-refractivity contribution < 1.29 is 18.6 Å². The Balaban J connectivity index is 1.74. The zero-order chi connectivity index (χ0) is 25.3. The first kappa shape index (κ1) is 25.5. The number of halogens is 2. The van der Waals surface area contributed by atoms with E-state index < -0.39 is 23.8 Å². The maximum atomic E-state index is 14.1. The van der Waals surface area contributed by atoms with Crippen molar-refractivity contribution >= 4 is 0 Å². The number of aromatic nitrogens is 1. The molecule has 186 valence electrons. The van der Waals surface area contributed by atoms with Crippen molar-refractivity contribution in [1.29, 1.82) is 0 Å². The second-order valence-corrected chi connectivity index (χ2v) is 8.72. The highest BCUT2D eigenvalue weighted by Crippen LogP contribution is 2.28. The van der Waals surface area contributed by atoms with Crippen LogP contribution in [0.2, 0.25) is 0 Å². The van der Waals surface area contributed by atoms with Crippen LogP contribution in [0.5, 0.6) is 5.75 Å². The quantitative estimate of drug-likeness (QED) is 0.277. The molecule has 0 aliphatic heterocycles. The lowest BCUT2D eigenvalue weighted by Crippen LogP contribution is -2.41. The van der Waals surface area contributed by atoms with Gasteiger partial charge in [0.15, 0.2) is 0 Å². The molecule has 6 heteroatoms. The molecule has 0 bridgehead atoms. The van der Waals surface area contributed by atoms with Crippen LogP contribution in [0.4, 0.5) is 8.78 Å². The summed E-state index contributed by atoms with van der Waals surface area (Å²) in [5.41, 5.74) is 3.02. The SMILES string of the molecule is CCOc1ccnc(C(O)C(Cc2cc(F)cc(F)c2)N(Cc2ccccc2)Cc2ccccc2)c1. The molecular weight excluding hydrogens is 458 g/mol. The molecule has 1 aromatic heterocycles. The fraction of sp³-hybridized carbons (Fsp3) is 0.233. The third-order valence-electron chi connectivity index (χ3n) is 6.02. The largest absolute Gasteiger partial charge is 0.494 e. The Labute approximate surface area is 210 Å². The van der Waals surface area contributed by atoms with Crippen molar-refractivity contribution in [1.82, 2.24) is 9.88 Å². The molecule has 0 fully saturated rings. The Bertz CT molecular complexity index is 1180. The summed E-state index contributed by atoms with van der Waals surface area (Å²) in [5, 5.41) is 11.7. The molecule has 4 nitrogen and oxygen atoms in total. The van der Waals surface area contributed by atoms with Gasteiger partial charge >= 0.3 is 0 Å². The van der Waals surface area contributed by atoms with Crippen LogP contribution in [-0.4, -0.2) is 27.6 Å². The van der Waals surface area contributed by atoms with E-state index in [-0.39, 0.29) is 6.42 Å². The maximum Gasteiger partial charge on any atom is 0.126 e. The smallest absolute Gasteiger partial charge is 0.126 e. The van der Waals surface area contributed by atoms with Crippen LogP contribution < -0.4 is 4.74 Å². The summed E-state index contributed by atoms with van der Waals surface area (Å²) in [6, 6.07) is 26.3. The predicted octanol–water partition coefficient (Wildman–Crippen LogP) is 6.11. The van der Waals surface area contributed by atoms with Crippen LogP contribution >= 0.6 is 0 Å². The van der Waals surface area contributed by atoms with Gasteiger partial charge in [0.25, 0.3) is 0 Å². The molecule has 0 aliphatic rings. The van der Waals surface area contributed by atoms with E-state index >= 15 is 0 Å². The minimum Gasteiger partial charge on any atom is -0.494 e. The average Bonchev–Trinajstić information content (AvgIpc) is 2.88. The highest BCUT2D eigenvalue weighted by Gasteiger charge is 2.29. The van der Waals surface area contributed by atoms with E-state index in [4.69, 9.17) is 4.74 Å². The van der Waals surface area contributed by atoms with Crippen LogP contribution in [0.15, 0.2) is 97.2 Å². The molecule has 0 aliphatic carbocycles. The normalized spacial score (nSPS) is 12.9. The van der Waals surface area contributed by atoms with Crippen LogP contribution in [0.25, 0.3) is 0 Å². The lowest BCUT2D eigenvalue weighted by atomic mass is 9.95. The van der Waals surface area contributed by atoms with Gasteiger partial charge in [-0.1, -0.05) is 60.7 Å². The number of ether oxygens (including phenoxy) is 1. The second kappa shape index (κ2) is 12.4. The number of aliphatic hydroxyl groups is 1. The van der Waals surface area contributed by atoms with E-state index in [1.807, 2.05) is 67.6 Å². The van der Waals surface area contributed by atoms with Gasteiger partial charge in [0.1, 0.15) is 23.5 Å². The Kier molecular flexibility index (Phi) is 8.76. The molecule has 3 aromatic carbocycles. The zero-order valence-electron chi connectivity index (χ0n) is 20.2. The van der Waals surface area contributed by atoms with Gasteiger partial charge in [-0.05, 0) is 48.2 Å². The molecule has 0 saturated carbocycles. The molecule has 0 amide bonds. The van der Waals surface area contributed by atoms with Crippen molar-refractivity contribution in [3.05, 3.63) is 131 Å². The number of pyridine rings is 1. The van der Waals surface area contributed by atoms with Crippen LogP contribution in [-0.2, 0) is 19.5 Å². The minimum absolute atomic E-state index is 0.218. The molecule has 1 heterocycles. The second-order valence-electron chi connectivity index (χ2n) is 8.72. The van der Waals surface area contributed by atoms with Gasteiger partial charge in [0, 0.05) is 37.5 Å². The third kappa shape index (κ3) is 6.97. The van der Waals surface area contributed by atoms with Gasteiger partial charge in [0.05, 0.1) is 12.3 Å². The minimum atomic E-state index is -1.04. The standard InChI is InChI=1S/C30H30F2N2O2/c1-2-36-27-13-14-33-28(19-27)30(35)29(17-24-15-25(31)18-26(32)16-24)34(20-22-9-5-3-6-10-22)21-23-11-7-4-8-12-23/h3-16,18-19,29-30,35H,2,17,20-21H2,1H3. The molecule has 2 unspecified atom stereocenters. The summed E-state index contributed by atoms with van der Waals surface area (Å²) in [7, 11) is 0. The maximum absolute atomic E-state index is 14.1. The highest BCUT2D eigenvalue weighted by molar-refractivity contribution is 5.27. The van der Waals surface area contributed by atoms with Crippen molar-refractivity contribution in [3.8, 4) is 5.75 Å². The van der Waals surface area contributed by atoms with E-state index in [9.17, 15) is 13.9 Å². The first-order chi connectivity index (χ1) is 17.5. The Morgan fingerprint density at radius 1 is 0.806 bits per heavy atom. The molecule has 0 saturated heterocycles. The van der Waals surface area contributed by atoms with E-state index in [0.717, 1.165) is 17.2 Å². The van der Waals surface area contributed by atoms with Crippen LogP contribution in [0, 0.1) is 11.6 Å². The molecule has 0 spiro atoms. The Hall–Kier alpha value is -3.61. The third-order valence-corrected chi connectivity index (χ3v) is 6.02. The van der Waals surface area contributed by atoms with Crippen LogP contribution in [0.1, 0.15) is 35.4 Å². The summed E-state index contributed by atoms with van der Waals surface area (Å²) >= 11 is 0. The zero-order valence-corrected chi connectivity index (χ0v) is 20.2. The average molecular weight is 489 g/mol. The van der Waals surface area contributed by atoms with E-state index in [2.05, 4.69) is 9.88 Å². The molecule has 4 rings (SSSR count). The van der Waals surface area contributed by atoms with Gasteiger partial charge < -0.3 is 9.84 Å². The van der Waals surface area contributed by atoms with Gasteiger partial charge in [-0.25, -0.2) is 8.78 Å². The molecule has 2 atom stereocenters. The number of nitrogens with zero attached hydrogens (tertiary/aromatic N) is 2. The number of hydrogen-bond acceptors (Lipinski definition) is 4. The van der Waals surface area contributed by atoms with Crippen molar-refractivity contribution in [2.24, 2.45) is 0 Å². The number of hydrogen-bond donors (Lipinski definition) is 1. The molecular formula is C30H30F2N2O2. The van der Waals surface area contributed by atoms with Crippen molar-refractivity contribution in [3.63, 3.8) is 0 Å².